The van der Waals surface area contributed by atoms with Crippen molar-refractivity contribution in [3.05, 3.63) is 35.0 Å². The van der Waals surface area contributed by atoms with Crippen LogP contribution in [0.2, 0.25) is 0 Å². The second-order valence-electron chi connectivity index (χ2n) is 4.85. The van der Waals surface area contributed by atoms with Gasteiger partial charge in [0.1, 0.15) is 0 Å². The van der Waals surface area contributed by atoms with E-state index < -0.39 is 18.6 Å². The van der Waals surface area contributed by atoms with Crippen molar-refractivity contribution in [1.29, 1.82) is 0 Å². The number of alkyl halides is 2. The summed E-state index contributed by atoms with van der Waals surface area (Å²) in [5.41, 5.74) is 1.30. The zero-order chi connectivity index (χ0) is 17.9. The number of methoxy groups -OCH3 is 2. The second-order valence-corrected chi connectivity index (χ2v) is 5.26. The van der Waals surface area contributed by atoms with E-state index in [9.17, 15) is 13.6 Å². The molecule has 24 heavy (non-hydrogen) atoms. The molecule has 0 aliphatic carbocycles. The first-order valence-corrected chi connectivity index (χ1v) is 7.27. The number of esters is 1. The molecule has 0 spiro atoms. The largest absolute Gasteiger partial charge is 0.493 e. The molecule has 0 fully saturated rings. The Kier molecular flexibility index (Phi) is 5.55. The predicted molar refractivity (Wildman–Crippen MR) is 86.0 cm³/mol. The standard InChI is InChI=1S/C15H16F2N2O4S/c1-7-11(13(20)22-3)12(19-15(24)18-7)8-4-5-9(21-2)10(6-8)23-14(16)17/h4-6,12,14H,1-3H3,(H2,18,19,24)/t12-/m1/s1. The highest BCUT2D eigenvalue weighted by Crippen LogP contribution is 2.35. The number of benzene rings is 1. The van der Waals surface area contributed by atoms with Gasteiger partial charge in [-0.05, 0) is 36.8 Å². The van der Waals surface area contributed by atoms with Crippen molar-refractivity contribution in [1.82, 2.24) is 10.6 Å². The Morgan fingerprint density at radius 2 is 2.00 bits per heavy atom. The number of nitrogens with one attached hydrogen (secondary N) is 2. The van der Waals surface area contributed by atoms with Crippen molar-refractivity contribution in [2.45, 2.75) is 19.6 Å². The molecule has 130 valence electrons. The van der Waals surface area contributed by atoms with Crippen LogP contribution in [0.15, 0.2) is 29.5 Å². The molecule has 6 nitrogen and oxygen atoms in total. The van der Waals surface area contributed by atoms with E-state index in [4.69, 9.17) is 21.7 Å². The quantitative estimate of drug-likeness (QED) is 0.618. The molecule has 1 atom stereocenters. The van der Waals surface area contributed by atoms with E-state index in [1.807, 2.05) is 0 Å². The highest BCUT2D eigenvalue weighted by atomic mass is 32.1. The molecule has 2 rings (SSSR count). The van der Waals surface area contributed by atoms with Crippen LogP contribution in [-0.2, 0) is 9.53 Å². The predicted octanol–water partition coefficient (Wildman–Crippen LogP) is 2.26. The maximum atomic E-state index is 12.6. The number of carbonyl (C=O) groups is 1. The van der Waals surface area contributed by atoms with Crippen molar-refractivity contribution in [3.63, 3.8) is 0 Å². The Balaban J connectivity index is 2.49. The normalized spacial score (nSPS) is 17.2. The summed E-state index contributed by atoms with van der Waals surface area (Å²) in [6, 6.07) is 3.80. The van der Waals surface area contributed by atoms with E-state index in [-0.39, 0.29) is 11.5 Å². The van der Waals surface area contributed by atoms with Crippen molar-refractivity contribution in [2.24, 2.45) is 0 Å². The average Bonchev–Trinajstić information content (AvgIpc) is 2.52. The molecule has 0 radical (unpaired) electrons. The van der Waals surface area contributed by atoms with Gasteiger partial charge in [0.2, 0.25) is 0 Å². The fourth-order valence-corrected chi connectivity index (χ4v) is 2.66. The third kappa shape index (κ3) is 3.73. The number of allylic oxidation sites excluding steroid dienone is 1. The monoisotopic (exact) mass is 358 g/mol. The van der Waals surface area contributed by atoms with E-state index in [2.05, 4.69) is 15.4 Å². The maximum absolute atomic E-state index is 12.6. The minimum atomic E-state index is -3.01. The van der Waals surface area contributed by atoms with E-state index in [0.717, 1.165) is 0 Å². The summed E-state index contributed by atoms with van der Waals surface area (Å²) in [7, 11) is 2.60. The van der Waals surface area contributed by atoms with Crippen LogP contribution in [0, 0.1) is 0 Å². The number of halogens is 2. The van der Waals surface area contributed by atoms with Crippen LogP contribution in [0.3, 0.4) is 0 Å². The van der Waals surface area contributed by atoms with Gasteiger partial charge in [-0.1, -0.05) is 6.07 Å². The van der Waals surface area contributed by atoms with Gasteiger partial charge in [-0.2, -0.15) is 8.78 Å². The number of hydrogen-bond donors (Lipinski definition) is 2. The third-order valence-corrected chi connectivity index (χ3v) is 3.63. The van der Waals surface area contributed by atoms with Crippen LogP contribution >= 0.6 is 12.2 Å². The number of hydrogen-bond acceptors (Lipinski definition) is 5. The first-order chi connectivity index (χ1) is 11.4. The highest BCUT2D eigenvalue weighted by Gasteiger charge is 2.31. The average molecular weight is 358 g/mol. The molecule has 2 N–H and O–H groups in total. The van der Waals surface area contributed by atoms with Gasteiger partial charge in [0.15, 0.2) is 16.6 Å². The molecule has 1 aromatic carbocycles. The maximum Gasteiger partial charge on any atom is 0.387 e. The summed E-state index contributed by atoms with van der Waals surface area (Å²) in [6.45, 7) is -1.33. The van der Waals surface area contributed by atoms with Crippen LogP contribution < -0.4 is 20.1 Å². The van der Waals surface area contributed by atoms with Gasteiger partial charge in [0.25, 0.3) is 0 Å². The minimum absolute atomic E-state index is 0.141. The lowest BCUT2D eigenvalue weighted by Gasteiger charge is -2.30. The van der Waals surface area contributed by atoms with Gasteiger partial charge in [-0.3, -0.25) is 0 Å². The van der Waals surface area contributed by atoms with Crippen molar-refractivity contribution >= 4 is 23.3 Å². The number of ether oxygens (including phenoxy) is 3. The van der Waals surface area contributed by atoms with Gasteiger partial charge in [0.05, 0.1) is 25.8 Å². The minimum Gasteiger partial charge on any atom is -0.493 e. The van der Waals surface area contributed by atoms with Crippen LogP contribution in [-0.4, -0.2) is 31.9 Å². The zero-order valence-electron chi connectivity index (χ0n) is 13.2. The molecule has 1 aliphatic heterocycles. The first-order valence-electron chi connectivity index (χ1n) is 6.86. The lowest BCUT2D eigenvalue weighted by atomic mass is 9.95. The molecule has 0 saturated carbocycles. The topological polar surface area (TPSA) is 68.8 Å². The molecule has 1 aromatic rings. The highest BCUT2D eigenvalue weighted by molar-refractivity contribution is 7.80. The smallest absolute Gasteiger partial charge is 0.387 e. The van der Waals surface area contributed by atoms with Gasteiger partial charge in [-0.15, -0.1) is 0 Å². The molecule has 1 aliphatic rings. The Hall–Kier alpha value is -2.42. The van der Waals surface area contributed by atoms with Crippen molar-refractivity contribution in [2.75, 3.05) is 14.2 Å². The van der Waals surface area contributed by atoms with Gasteiger partial charge >= 0.3 is 12.6 Å². The fourth-order valence-electron chi connectivity index (χ4n) is 2.39. The summed E-state index contributed by atoms with van der Waals surface area (Å²) >= 11 is 5.10. The Morgan fingerprint density at radius 3 is 2.58 bits per heavy atom. The molecule has 9 heteroatoms. The lowest BCUT2D eigenvalue weighted by molar-refractivity contribution is -0.136. The van der Waals surface area contributed by atoms with Crippen LogP contribution in [0.5, 0.6) is 11.5 Å². The third-order valence-electron chi connectivity index (χ3n) is 3.41. The molecule has 1 heterocycles. The van der Waals surface area contributed by atoms with E-state index in [0.29, 0.717) is 21.9 Å². The molecule has 0 bridgehead atoms. The van der Waals surface area contributed by atoms with Crippen molar-refractivity contribution in [3.8, 4) is 11.5 Å². The van der Waals surface area contributed by atoms with Gasteiger partial charge in [0, 0.05) is 5.70 Å². The fraction of sp³-hybridized carbons (Fsp3) is 0.333. The van der Waals surface area contributed by atoms with Crippen LogP contribution in [0.25, 0.3) is 0 Å². The Bertz CT molecular complexity index is 694. The van der Waals surface area contributed by atoms with E-state index in [1.165, 1.54) is 26.4 Å². The van der Waals surface area contributed by atoms with E-state index in [1.54, 1.807) is 13.0 Å². The molecular formula is C15H16F2N2O4S. The number of carbonyl (C=O) groups excluding carboxylic acids is 1. The molecular weight excluding hydrogens is 342 g/mol. The summed E-state index contributed by atoms with van der Waals surface area (Å²) < 4.78 is 39.4. The van der Waals surface area contributed by atoms with Gasteiger partial charge in [-0.25, -0.2) is 4.79 Å². The van der Waals surface area contributed by atoms with E-state index >= 15 is 0 Å². The number of rotatable bonds is 5. The molecule has 0 unspecified atom stereocenters. The summed E-state index contributed by atoms with van der Waals surface area (Å²) in [5.74, 6) is -0.554. The Labute approximate surface area is 142 Å². The Morgan fingerprint density at radius 1 is 1.29 bits per heavy atom. The van der Waals surface area contributed by atoms with Crippen LogP contribution in [0.1, 0.15) is 18.5 Å². The second kappa shape index (κ2) is 7.43. The zero-order valence-corrected chi connectivity index (χ0v) is 14.0. The lowest BCUT2D eigenvalue weighted by Crippen LogP contribution is -2.45. The summed E-state index contributed by atoms with van der Waals surface area (Å²) in [6.07, 6.45) is 0. The van der Waals surface area contributed by atoms with Crippen LogP contribution in [0.4, 0.5) is 8.78 Å². The molecule has 0 aromatic heterocycles. The van der Waals surface area contributed by atoms with Crippen molar-refractivity contribution < 1.29 is 27.8 Å². The molecule has 0 amide bonds. The first kappa shape index (κ1) is 17.9. The number of thiocarbonyl (C=S) groups is 1. The summed E-state index contributed by atoms with van der Waals surface area (Å²) in [5, 5.41) is 6.06. The summed E-state index contributed by atoms with van der Waals surface area (Å²) in [4.78, 5) is 12.1. The van der Waals surface area contributed by atoms with Gasteiger partial charge < -0.3 is 24.8 Å². The SMILES string of the molecule is COC(=O)C1=C(C)NC(=S)N[C@@H]1c1ccc(OC)c(OC(F)F)c1. The molecule has 0 saturated heterocycles.